The smallest absolute Gasteiger partial charge is 0.390 e. The van der Waals surface area contributed by atoms with Crippen LogP contribution in [0, 0.1) is 12.3 Å². The van der Waals surface area contributed by atoms with E-state index in [2.05, 4.69) is 37.7 Å². The van der Waals surface area contributed by atoms with Crippen LogP contribution in [0.25, 0.3) is 0 Å². The fourth-order valence-corrected chi connectivity index (χ4v) is 2.06. The number of aliphatic imine (C=N–C) groups is 1. The summed E-state index contributed by atoms with van der Waals surface area (Å²) >= 11 is 0. The van der Waals surface area contributed by atoms with Gasteiger partial charge in [-0.1, -0.05) is 54.4 Å². The number of carbonyl (C=O) groups is 1. The van der Waals surface area contributed by atoms with Crippen molar-refractivity contribution in [3.8, 4) is 0 Å². The van der Waals surface area contributed by atoms with E-state index >= 15 is 0 Å². The number of hydrogen-bond donors (Lipinski definition) is 1. The second-order valence-electron chi connectivity index (χ2n) is 9.69. The third-order valence-corrected chi connectivity index (χ3v) is 4.36. The summed E-state index contributed by atoms with van der Waals surface area (Å²) in [6, 6.07) is 2.33. The molecule has 0 aromatic carbocycles. The molecule has 0 bridgehead atoms. The van der Waals surface area contributed by atoms with Gasteiger partial charge in [-0.05, 0) is 51.7 Å². The van der Waals surface area contributed by atoms with Crippen LogP contribution in [0.15, 0.2) is 17.1 Å². The topological polar surface area (TPSA) is 62.5 Å². The van der Waals surface area contributed by atoms with E-state index in [1.807, 2.05) is 13.8 Å². The molecular formula is C25H43F3N2O2. The molecule has 186 valence electrons. The summed E-state index contributed by atoms with van der Waals surface area (Å²) in [7, 11) is 0. The lowest BCUT2D eigenvalue weighted by Crippen LogP contribution is -2.22. The molecule has 32 heavy (non-hydrogen) atoms. The maximum atomic E-state index is 12.4. The van der Waals surface area contributed by atoms with Gasteiger partial charge in [0.1, 0.15) is 11.5 Å². The summed E-state index contributed by atoms with van der Waals surface area (Å²) < 4.78 is 37.2. The number of rotatable bonds is 6. The Balaban J connectivity index is 0. The van der Waals surface area contributed by atoms with Crippen LogP contribution in [-0.4, -0.2) is 27.2 Å². The summed E-state index contributed by atoms with van der Waals surface area (Å²) in [6.45, 7) is 19.4. The Kier molecular flexibility index (Phi) is 14.6. The molecule has 1 N–H and O–H groups in total. The van der Waals surface area contributed by atoms with Crippen molar-refractivity contribution >= 4 is 17.2 Å². The van der Waals surface area contributed by atoms with Crippen LogP contribution in [-0.2, 0) is 11.0 Å². The maximum absolute atomic E-state index is 12.4. The lowest BCUT2D eigenvalue weighted by atomic mass is 9.94. The first-order valence-corrected chi connectivity index (χ1v) is 11.2. The Morgan fingerprint density at radius 1 is 1.06 bits per heavy atom. The number of aliphatic hydroxyl groups is 1. The number of ketones is 1. The molecule has 1 aromatic rings. The first kappa shape index (κ1) is 32.4. The Bertz CT molecular complexity index is 713. The predicted molar refractivity (Wildman–Crippen MR) is 128 cm³/mol. The first-order valence-electron chi connectivity index (χ1n) is 11.2. The number of carbonyl (C=O) groups excluding carboxylic acids is 1. The van der Waals surface area contributed by atoms with Gasteiger partial charge in [0.05, 0.1) is 17.0 Å². The molecule has 0 aliphatic rings. The van der Waals surface area contributed by atoms with Crippen LogP contribution in [0.4, 0.5) is 18.9 Å². The molecule has 0 saturated carbocycles. The molecule has 0 saturated heterocycles. The van der Waals surface area contributed by atoms with E-state index in [-0.39, 0.29) is 12.2 Å². The molecule has 0 aliphatic heterocycles. The largest absolute Gasteiger partial charge is 0.433 e. The maximum Gasteiger partial charge on any atom is 0.433 e. The molecule has 0 unspecified atom stereocenters. The zero-order chi connectivity index (χ0) is 25.8. The van der Waals surface area contributed by atoms with Crippen molar-refractivity contribution in [2.75, 3.05) is 0 Å². The average Bonchev–Trinajstić information content (AvgIpc) is 2.61. The fourth-order valence-electron chi connectivity index (χ4n) is 2.06. The number of hydrogen-bond acceptors (Lipinski definition) is 4. The second kappa shape index (κ2) is 14.4. The number of nitrogens with zero attached hydrogens (tertiary/aromatic N) is 2. The summed E-state index contributed by atoms with van der Waals surface area (Å²) in [6.07, 6.45) is -0.547. The quantitative estimate of drug-likeness (QED) is 0.439. The van der Waals surface area contributed by atoms with Crippen LogP contribution in [0.2, 0.25) is 0 Å². The lowest BCUT2D eigenvalue weighted by molar-refractivity contribution is -0.141. The highest BCUT2D eigenvalue weighted by atomic mass is 19.4. The number of pyridine rings is 1. The Hall–Kier alpha value is -1.76. The molecule has 1 heterocycles. The Morgan fingerprint density at radius 2 is 1.56 bits per heavy atom. The molecule has 1 rings (SSSR count). The number of alkyl halides is 3. The Morgan fingerprint density at radius 3 is 1.84 bits per heavy atom. The zero-order valence-corrected chi connectivity index (χ0v) is 21.6. The third-order valence-electron chi connectivity index (χ3n) is 4.36. The summed E-state index contributed by atoms with van der Waals surface area (Å²) in [4.78, 5) is 18.5. The van der Waals surface area contributed by atoms with Gasteiger partial charge < -0.3 is 5.11 Å². The monoisotopic (exact) mass is 460 g/mol. The highest BCUT2D eigenvalue weighted by Gasteiger charge is 2.32. The van der Waals surface area contributed by atoms with Crippen LogP contribution >= 0.6 is 0 Å². The number of aromatic nitrogens is 1. The van der Waals surface area contributed by atoms with E-state index in [9.17, 15) is 18.0 Å². The predicted octanol–water partition coefficient (Wildman–Crippen LogP) is 7.87. The molecule has 1 aromatic heterocycles. The molecule has 0 radical (unpaired) electrons. The minimum atomic E-state index is -4.40. The summed E-state index contributed by atoms with van der Waals surface area (Å²) in [5.41, 5.74) is 0.547. The van der Waals surface area contributed by atoms with Gasteiger partial charge in [0.25, 0.3) is 0 Å². The van der Waals surface area contributed by atoms with Gasteiger partial charge in [-0.25, -0.2) is 4.98 Å². The van der Waals surface area contributed by atoms with Crippen molar-refractivity contribution in [3.63, 3.8) is 0 Å². The third kappa shape index (κ3) is 17.9. The van der Waals surface area contributed by atoms with Gasteiger partial charge in [-0.2, -0.15) is 13.2 Å². The molecule has 0 amide bonds. The second-order valence-corrected chi connectivity index (χ2v) is 9.69. The van der Waals surface area contributed by atoms with Gasteiger partial charge in [0.2, 0.25) is 0 Å². The molecule has 7 heteroatoms. The average molecular weight is 461 g/mol. The normalized spacial score (nSPS) is 12.4. The van der Waals surface area contributed by atoms with Crippen molar-refractivity contribution in [1.29, 1.82) is 0 Å². The fraction of sp³-hybridized carbons (Fsp3) is 0.720. The van der Waals surface area contributed by atoms with E-state index in [0.717, 1.165) is 24.6 Å². The van der Waals surface area contributed by atoms with Crippen LogP contribution in [0.1, 0.15) is 106 Å². The molecule has 0 aliphatic carbocycles. The number of aryl methyl sites for hydroxylation is 1. The number of halogens is 3. The van der Waals surface area contributed by atoms with Gasteiger partial charge in [0, 0.05) is 18.6 Å². The van der Waals surface area contributed by atoms with E-state index in [1.54, 1.807) is 20.8 Å². The van der Waals surface area contributed by atoms with Gasteiger partial charge in [0.15, 0.2) is 0 Å². The zero-order valence-electron chi connectivity index (χ0n) is 21.6. The summed E-state index contributed by atoms with van der Waals surface area (Å²) in [5, 5.41) is 9.10. The van der Waals surface area contributed by atoms with Crippen molar-refractivity contribution in [2.24, 2.45) is 10.4 Å². The Labute approximate surface area is 192 Å². The molecule has 0 spiro atoms. The highest BCUT2D eigenvalue weighted by Crippen LogP contribution is 2.30. The minimum Gasteiger partial charge on any atom is -0.390 e. The van der Waals surface area contributed by atoms with Gasteiger partial charge in [-0.15, -0.1) is 0 Å². The lowest BCUT2D eigenvalue weighted by Gasteiger charge is -2.14. The van der Waals surface area contributed by atoms with Crippen molar-refractivity contribution in [2.45, 2.75) is 113 Å². The molecule has 0 atom stereocenters. The van der Waals surface area contributed by atoms with Crippen molar-refractivity contribution in [3.05, 3.63) is 23.5 Å². The van der Waals surface area contributed by atoms with Gasteiger partial charge in [-0.3, -0.25) is 9.79 Å². The molecular weight excluding hydrogens is 417 g/mol. The highest BCUT2D eigenvalue weighted by molar-refractivity contribution is 5.84. The summed E-state index contributed by atoms with van der Waals surface area (Å²) in [5.74, 6) is 0.113. The van der Waals surface area contributed by atoms with E-state index in [0.29, 0.717) is 23.2 Å². The van der Waals surface area contributed by atoms with Crippen LogP contribution < -0.4 is 0 Å². The van der Waals surface area contributed by atoms with E-state index < -0.39 is 17.5 Å². The van der Waals surface area contributed by atoms with E-state index in [1.165, 1.54) is 19.4 Å². The molecule has 4 nitrogen and oxygen atoms in total. The van der Waals surface area contributed by atoms with Crippen LogP contribution in [0.5, 0.6) is 0 Å². The standard InChI is InChI=1S/C12H15F3N2.C7H14O2.C6H14/c1-4-5-8(2)16-10-6-7-11(12(13,14)15)17-9(10)3;1-4-6(8)5-7(2,3)9;1-5-6(2,3)4/h6-7H,4-5H2,1-3H3;9H,4-5H2,1-3H3;5H2,1-4H3. The van der Waals surface area contributed by atoms with Gasteiger partial charge >= 0.3 is 6.18 Å². The minimum absolute atomic E-state index is 0.113. The molecule has 0 fully saturated rings. The number of Topliss-reactive ketones (excluding diaryl/α,β-unsaturated/α-hetero) is 1. The van der Waals surface area contributed by atoms with E-state index in [4.69, 9.17) is 5.11 Å². The van der Waals surface area contributed by atoms with Crippen LogP contribution in [0.3, 0.4) is 0 Å². The van der Waals surface area contributed by atoms with Crippen molar-refractivity contribution < 1.29 is 23.1 Å². The first-order chi connectivity index (χ1) is 14.4. The SMILES string of the molecule is CCC(=O)CC(C)(C)O.CCC(C)(C)C.CCCC(C)=Nc1ccc(C(F)(F)F)nc1C. The van der Waals surface area contributed by atoms with Crippen molar-refractivity contribution in [1.82, 2.24) is 4.98 Å².